The minimum absolute atomic E-state index is 0.0331. The molecule has 12 aromatic rings. The fraction of sp³-hybridized carbons (Fsp3) is 0.143. The molecule has 68 heavy (non-hydrogen) atoms. The molecule has 9 aromatic carbocycles. The van der Waals surface area contributed by atoms with E-state index in [4.69, 9.17) is 0 Å². The van der Waals surface area contributed by atoms with Gasteiger partial charge in [-0.1, -0.05) is 149 Å². The zero-order chi connectivity index (χ0) is 45.4. The summed E-state index contributed by atoms with van der Waals surface area (Å²) in [6.45, 7) is 12.0. The maximum Gasteiger partial charge on any atom is 0.343 e. The van der Waals surface area contributed by atoms with Crippen molar-refractivity contribution in [3.8, 4) is 33.6 Å². The number of fused-ring (bicyclic) bond motifs is 16. The molecule has 1 aliphatic carbocycles. The van der Waals surface area contributed by atoms with E-state index in [1.807, 2.05) is 11.3 Å². The van der Waals surface area contributed by atoms with E-state index in [1.165, 1.54) is 136 Å². The Morgan fingerprint density at radius 3 is 1.90 bits per heavy atom. The number of nitrogens with zero attached hydrogens (tertiary/aromatic N) is 3. The first-order valence-electron chi connectivity index (χ1n) is 24.3. The number of hydrogen-bond donors (Lipinski definition) is 0. The fourth-order valence-electron chi connectivity index (χ4n) is 12.9. The van der Waals surface area contributed by atoms with Crippen LogP contribution in [-0.2, 0) is 10.8 Å². The second-order valence-electron chi connectivity index (χ2n) is 21.1. The highest BCUT2D eigenvalue weighted by Gasteiger charge is 2.48. The van der Waals surface area contributed by atoms with Crippen molar-refractivity contribution in [1.82, 2.24) is 9.13 Å². The van der Waals surface area contributed by atoms with Gasteiger partial charge in [0.05, 0.1) is 33.4 Å². The topological polar surface area (TPSA) is 13.1 Å². The number of thiophene rings is 1. The summed E-state index contributed by atoms with van der Waals surface area (Å²) in [4.78, 5) is 2.75. The lowest BCUT2D eigenvalue weighted by Gasteiger charge is -2.46. The van der Waals surface area contributed by atoms with Gasteiger partial charge in [-0.05, 0) is 135 Å². The second kappa shape index (κ2) is 13.4. The normalized spacial score (nSPS) is 15.5. The summed E-state index contributed by atoms with van der Waals surface area (Å²) >= 11 is 1.98. The number of aryl methyl sites for hydroxylation is 1. The molecule has 0 fully saturated rings. The summed E-state index contributed by atoms with van der Waals surface area (Å²) < 4.78 is 8.02. The van der Waals surface area contributed by atoms with Crippen LogP contribution in [0.1, 0.15) is 57.2 Å². The van der Waals surface area contributed by atoms with Crippen molar-refractivity contribution in [2.45, 2.75) is 58.3 Å². The Morgan fingerprint density at radius 2 is 1.16 bits per heavy atom. The van der Waals surface area contributed by atoms with E-state index in [1.54, 1.807) is 0 Å². The van der Waals surface area contributed by atoms with Crippen LogP contribution in [0, 0.1) is 6.92 Å². The van der Waals surface area contributed by atoms with Crippen molar-refractivity contribution in [1.29, 1.82) is 0 Å². The summed E-state index contributed by atoms with van der Waals surface area (Å²) in [6.07, 6.45) is 2.32. The molecule has 0 atom stereocenters. The molecule has 0 bridgehead atoms. The number of hydrogen-bond acceptors (Lipinski definition) is 2. The molecule has 0 amide bonds. The van der Waals surface area contributed by atoms with E-state index in [9.17, 15) is 0 Å². The van der Waals surface area contributed by atoms with Crippen LogP contribution in [0.3, 0.4) is 0 Å². The predicted molar refractivity (Wildman–Crippen MR) is 293 cm³/mol. The third kappa shape index (κ3) is 5.04. The number of benzene rings is 9. The Morgan fingerprint density at radius 1 is 0.500 bits per heavy atom. The van der Waals surface area contributed by atoms with Gasteiger partial charge in [-0.15, -0.1) is 11.3 Å². The zero-order valence-corrected chi connectivity index (χ0v) is 39.8. The molecular weight excluding hydrogens is 842 g/mol. The average molecular weight is 890 g/mol. The van der Waals surface area contributed by atoms with Crippen LogP contribution >= 0.6 is 11.3 Å². The molecule has 324 valence electrons. The van der Waals surface area contributed by atoms with Gasteiger partial charge < -0.3 is 13.9 Å². The van der Waals surface area contributed by atoms with Crippen molar-refractivity contribution < 1.29 is 0 Å². The van der Waals surface area contributed by atoms with E-state index < -0.39 is 0 Å². The van der Waals surface area contributed by atoms with E-state index >= 15 is 0 Å². The van der Waals surface area contributed by atoms with Gasteiger partial charge in [-0.2, -0.15) is 0 Å². The van der Waals surface area contributed by atoms with Gasteiger partial charge in [0.1, 0.15) is 0 Å². The molecule has 0 saturated heterocycles. The van der Waals surface area contributed by atoms with Crippen molar-refractivity contribution in [3.05, 3.63) is 193 Å². The van der Waals surface area contributed by atoms with Crippen molar-refractivity contribution in [2.24, 2.45) is 0 Å². The smallest absolute Gasteiger partial charge is 0.343 e. The van der Waals surface area contributed by atoms with Crippen molar-refractivity contribution >= 4 is 104 Å². The van der Waals surface area contributed by atoms with E-state index in [0.29, 0.717) is 0 Å². The molecule has 5 heteroatoms. The van der Waals surface area contributed by atoms with Gasteiger partial charge in [-0.3, -0.25) is 0 Å². The van der Waals surface area contributed by atoms with Crippen molar-refractivity contribution in [2.75, 3.05) is 4.81 Å². The lowest BCUT2D eigenvalue weighted by atomic mass is 9.46. The zero-order valence-electron chi connectivity index (χ0n) is 39.0. The first-order chi connectivity index (χ1) is 33.1. The minimum Gasteiger partial charge on any atom is -0.376 e. The quantitative estimate of drug-likeness (QED) is 0.161. The van der Waals surface area contributed by atoms with Gasteiger partial charge in [0.15, 0.2) is 0 Å². The number of aromatic nitrogens is 2. The number of rotatable bonds is 3. The van der Waals surface area contributed by atoms with Gasteiger partial charge in [0, 0.05) is 53.3 Å². The summed E-state index contributed by atoms with van der Waals surface area (Å²) in [7, 11) is 0. The van der Waals surface area contributed by atoms with Crippen LogP contribution in [0.4, 0.5) is 11.4 Å². The number of para-hydroxylation sites is 2. The van der Waals surface area contributed by atoms with Gasteiger partial charge in [0.25, 0.3) is 0 Å². The first kappa shape index (κ1) is 38.7. The largest absolute Gasteiger partial charge is 0.376 e. The van der Waals surface area contributed by atoms with Crippen molar-refractivity contribution in [3.63, 3.8) is 0 Å². The van der Waals surface area contributed by atoms with E-state index in [0.717, 1.165) is 12.8 Å². The summed E-state index contributed by atoms with van der Waals surface area (Å²) in [5, 5.41) is 9.00. The minimum atomic E-state index is -0.0803. The van der Waals surface area contributed by atoms with Gasteiger partial charge in [-0.25, -0.2) is 0 Å². The van der Waals surface area contributed by atoms with E-state index in [2.05, 4.69) is 224 Å². The lowest BCUT2D eigenvalue weighted by molar-refractivity contribution is 0.332. The van der Waals surface area contributed by atoms with E-state index in [-0.39, 0.29) is 17.7 Å². The molecule has 0 unspecified atom stereocenters. The van der Waals surface area contributed by atoms with Crippen LogP contribution in [0.2, 0.25) is 0 Å². The maximum atomic E-state index is 2.75. The summed E-state index contributed by atoms with van der Waals surface area (Å²) in [5.74, 6) is 0. The Bertz CT molecular complexity index is 4110. The van der Waals surface area contributed by atoms with Gasteiger partial charge >= 0.3 is 6.85 Å². The molecule has 2 aliphatic heterocycles. The van der Waals surface area contributed by atoms with Gasteiger partial charge in [0.2, 0.25) is 0 Å². The molecule has 0 spiro atoms. The van der Waals surface area contributed by atoms with Crippen LogP contribution in [-0.4, -0.2) is 16.0 Å². The average Bonchev–Trinajstić information content (AvgIpc) is 4.03. The monoisotopic (exact) mass is 889 g/mol. The standard InChI is InChI=1S/C63H48BN3S/c1-37-23-27-41(28-24-37)67-53-36-49-48(62(2,3)31-32-63(49,4)5)34-45(53)46-35-54(65-50-21-13-11-19-43(50)44-20-12-14-22-51(44)65)57-56-42-18-10-9-17-39(42)25-29-52(56)66-59-47-33-40(38-15-7-6-8-16-38)26-30-55(47)68-61(59)64(67)58(46)60(57)66/h6-30,33-36H,31-32H2,1-5H3. The fourth-order valence-corrected chi connectivity index (χ4v) is 14.2. The Kier molecular flexibility index (Phi) is 7.65. The van der Waals surface area contributed by atoms with Crippen LogP contribution < -0.4 is 15.1 Å². The highest BCUT2D eigenvalue weighted by Crippen LogP contribution is 2.55. The molecule has 5 heterocycles. The lowest BCUT2D eigenvalue weighted by Crippen LogP contribution is -2.59. The molecule has 0 radical (unpaired) electrons. The molecule has 3 aliphatic rings. The molecule has 15 rings (SSSR count). The van der Waals surface area contributed by atoms with Crippen LogP contribution in [0.15, 0.2) is 176 Å². The molecule has 0 saturated carbocycles. The molecule has 0 N–H and O–H groups in total. The third-order valence-corrected chi connectivity index (χ3v) is 17.6. The highest BCUT2D eigenvalue weighted by molar-refractivity contribution is 7.32. The second-order valence-corrected chi connectivity index (χ2v) is 22.2. The number of anilines is 2. The molecular formula is C63H48BN3S. The Labute approximate surface area is 400 Å². The predicted octanol–water partition coefficient (Wildman–Crippen LogP) is 15.8. The van der Waals surface area contributed by atoms with Crippen LogP contribution in [0.25, 0.3) is 98.1 Å². The SMILES string of the molecule is Cc1ccc(N2B3c4sc5ccc(-c6ccccc6)cc5c4-n4c5ccc6ccccc6c5c5c(-n6c7ccccc7c7ccccc76)cc(c3c54)-c3cc4c(cc32)C(C)(C)CCC4(C)C)cc1. The maximum absolute atomic E-state index is 2.75. The Balaban J connectivity index is 1.20. The van der Waals surface area contributed by atoms with Crippen LogP contribution in [0.5, 0.6) is 0 Å². The molecule has 3 aromatic heterocycles. The Hall–Kier alpha value is -7.34. The summed E-state index contributed by atoms with van der Waals surface area (Å²) in [5.41, 5.74) is 20.9. The third-order valence-electron chi connectivity index (χ3n) is 16.4. The first-order valence-corrected chi connectivity index (χ1v) is 25.2. The highest BCUT2D eigenvalue weighted by atomic mass is 32.1. The summed E-state index contributed by atoms with van der Waals surface area (Å²) in [6, 6.07) is 67.3. The molecule has 3 nitrogen and oxygen atoms in total.